The van der Waals surface area contributed by atoms with Crippen LogP contribution in [0.5, 0.6) is 0 Å². The summed E-state index contributed by atoms with van der Waals surface area (Å²) in [5, 5.41) is 0. The Morgan fingerprint density at radius 2 is 2.08 bits per heavy atom. The molecule has 1 N–H and O–H groups in total. The third-order valence-corrected chi connectivity index (χ3v) is 4.61. The van der Waals surface area contributed by atoms with Crippen LogP contribution in [0.15, 0.2) is 52.1 Å². The number of nitrogens with one attached hydrogen (secondary N) is 1. The highest BCUT2D eigenvalue weighted by Gasteiger charge is 2.52. The zero-order valence-electron chi connectivity index (χ0n) is 13.3. The van der Waals surface area contributed by atoms with Gasteiger partial charge in [0.15, 0.2) is 5.54 Å². The van der Waals surface area contributed by atoms with E-state index in [4.69, 9.17) is 4.74 Å². The molecule has 0 spiro atoms. The number of rotatable bonds is 3. The first-order valence-corrected chi connectivity index (χ1v) is 8.05. The Labute approximate surface area is 144 Å². The number of benzene rings is 1. The van der Waals surface area contributed by atoms with E-state index in [1.54, 1.807) is 31.2 Å². The molecule has 0 fully saturated rings. The van der Waals surface area contributed by atoms with Gasteiger partial charge in [-0.25, -0.2) is 4.98 Å². The lowest BCUT2D eigenvalue weighted by atomic mass is 9.77. The van der Waals surface area contributed by atoms with Crippen LogP contribution in [0.3, 0.4) is 0 Å². The zero-order chi connectivity index (χ0) is 18.2. The van der Waals surface area contributed by atoms with Gasteiger partial charge in [-0.2, -0.15) is 21.7 Å². The van der Waals surface area contributed by atoms with Gasteiger partial charge in [-0.3, -0.25) is 0 Å². The number of aromatic nitrogens is 2. The number of imidazole rings is 1. The average molecular weight is 369 g/mol. The van der Waals surface area contributed by atoms with Crippen LogP contribution in [0.1, 0.15) is 12.7 Å². The molecule has 1 heterocycles. The van der Waals surface area contributed by atoms with Crippen molar-refractivity contribution in [3.8, 4) is 0 Å². The maximum Gasteiger partial charge on any atom is 0.419 e. The van der Waals surface area contributed by atoms with Gasteiger partial charge in [-0.05, 0) is 12.1 Å². The van der Waals surface area contributed by atoms with Gasteiger partial charge in [-0.1, -0.05) is 31.2 Å². The highest BCUT2D eigenvalue weighted by atomic mass is 32.1. The summed E-state index contributed by atoms with van der Waals surface area (Å²) >= 11 is -0.153. The molecule has 2 unspecified atom stereocenters. The van der Waals surface area contributed by atoms with Gasteiger partial charge in [0.25, 0.3) is 0 Å². The lowest BCUT2D eigenvalue weighted by molar-refractivity contribution is -0.0935. The molecule has 1 aliphatic rings. The topological polar surface area (TPSA) is 67.3 Å². The van der Waals surface area contributed by atoms with Crippen molar-refractivity contribution in [2.24, 2.45) is 10.3 Å². The molecule has 5 nitrogen and oxygen atoms in total. The summed E-state index contributed by atoms with van der Waals surface area (Å²) in [5.74, 6) is -0.888. The minimum atomic E-state index is -4.65. The normalized spacial score (nSPS) is 23.8. The molecule has 2 aromatic rings. The highest BCUT2D eigenvalue weighted by Crippen LogP contribution is 2.48. The van der Waals surface area contributed by atoms with Gasteiger partial charge < -0.3 is 9.72 Å². The van der Waals surface area contributed by atoms with E-state index in [1.807, 2.05) is 0 Å². The van der Waals surface area contributed by atoms with Gasteiger partial charge in [0.05, 0.1) is 23.7 Å². The van der Waals surface area contributed by atoms with Crippen LogP contribution in [-0.2, 0) is 21.7 Å². The van der Waals surface area contributed by atoms with Crippen molar-refractivity contribution in [3.05, 3.63) is 53.6 Å². The summed E-state index contributed by atoms with van der Waals surface area (Å²) in [5.41, 5.74) is -1.48. The van der Waals surface area contributed by atoms with Crippen LogP contribution in [-0.4, -0.2) is 27.5 Å². The maximum absolute atomic E-state index is 13.5. The van der Waals surface area contributed by atoms with E-state index < -0.39 is 29.0 Å². The molecule has 0 saturated heterocycles. The summed E-state index contributed by atoms with van der Waals surface area (Å²) in [4.78, 5) is 7.36. The molecule has 0 radical (unpaired) electrons. The van der Waals surface area contributed by atoms with Crippen molar-refractivity contribution < 1.29 is 22.1 Å². The molecule has 0 amide bonds. The first kappa shape index (κ1) is 17.4. The van der Waals surface area contributed by atoms with Gasteiger partial charge in [0, 0.05) is 5.92 Å². The van der Waals surface area contributed by atoms with E-state index in [0.717, 1.165) is 13.2 Å². The summed E-state index contributed by atoms with van der Waals surface area (Å²) in [7, 11) is 1.13. The first-order chi connectivity index (χ1) is 11.8. The van der Waals surface area contributed by atoms with Crippen molar-refractivity contribution in [1.29, 1.82) is 0 Å². The van der Waals surface area contributed by atoms with Crippen molar-refractivity contribution >= 4 is 22.5 Å². The Hall–Kier alpha value is -2.42. The largest absolute Gasteiger partial charge is 0.497 e. The predicted octanol–water partition coefficient (Wildman–Crippen LogP) is 3.82. The summed E-state index contributed by atoms with van der Waals surface area (Å²) in [6.07, 6.45) is -2.34. The zero-order valence-corrected chi connectivity index (χ0v) is 14.1. The molecule has 0 bridgehead atoms. The van der Waals surface area contributed by atoms with Crippen LogP contribution in [0.25, 0.3) is 11.0 Å². The molecular formula is C16H14F3N3O2S. The molecule has 3 rings (SSSR count). The van der Waals surface area contributed by atoms with E-state index in [0.29, 0.717) is 11.0 Å². The van der Waals surface area contributed by atoms with Crippen LogP contribution in [0.4, 0.5) is 13.2 Å². The standard InChI is InChI=1S/C16H14F3N3O2S/c1-9-7-8-10(16(17,18)19)13(24-2)15(9,22-25-23)14-20-11-5-3-4-6-12(11)21-14/h3-9H,1-2H3,(H,20,21). The quantitative estimate of drug-likeness (QED) is 0.894. The van der Waals surface area contributed by atoms with Crippen LogP contribution in [0, 0.1) is 5.92 Å². The van der Waals surface area contributed by atoms with Crippen LogP contribution < -0.4 is 0 Å². The number of fused-ring (bicyclic) bond motifs is 1. The minimum Gasteiger partial charge on any atom is -0.497 e. The molecule has 1 aliphatic carbocycles. The number of alkyl halides is 3. The number of hydrogen-bond acceptors (Lipinski definition) is 4. The van der Waals surface area contributed by atoms with E-state index in [1.165, 1.54) is 6.08 Å². The van der Waals surface area contributed by atoms with Crippen molar-refractivity contribution in [2.75, 3.05) is 7.11 Å². The predicted molar refractivity (Wildman–Crippen MR) is 86.7 cm³/mol. The summed E-state index contributed by atoms with van der Waals surface area (Å²) in [6.45, 7) is 1.66. The highest BCUT2D eigenvalue weighted by molar-refractivity contribution is 7.54. The fourth-order valence-electron chi connectivity index (χ4n) is 3.04. The molecule has 1 aromatic carbocycles. The number of halogens is 3. The number of aromatic amines is 1. The van der Waals surface area contributed by atoms with Crippen LogP contribution >= 0.6 is 0 Å². The Kier molecular flexibility index (Phi) is 4.28. The Morgan fingerprint density at radius 3 is 2.68 bits per heavy atom. The molecule has 132 valence electrons. The molecule has 1 aromatic heterocycles. The Balaban J connectivity index is 2.36. The average Bonchev–Trinajstić information content (AvgIpc) is 2.99. The number of allylic oxidation sites excluding steroid dienone is 2. The summed E-state index contributed by atoms with van der Waals surface area (Å²) in [6, 6.07) is 7.00. The monoisotopic (exact) mass is 369 g/mol. The van der Waals surface area contributed by atoms with Gasteiger partial charge in [0.1, 0.15) is 11.6 Å². The molecule has 9 heteroatoms. The van der Waals surface area contributed by atoms with E-state index in [-0.39, 0.29) is 17.3 Å². The van der Waals surface area contributed by atoms with Crippen molar-refractivity contribution in [1.82, 2.24) is 9.97 Å². The van der Waals surface area contributed by atoms with Crippen molar-refractivity contribution in [2.45, 2.75) is 18.6 Å². The van der Waals surface area contributed by atoms with Crippen LogP contribution in [0.2, 0.25) is 0 Å². The van der Waals surface area contributed by atoms with E-state index >= 15 is 0 Å². The third kappa shape index (κ3) is 2.68. The lowest BCUT2D eigenvalue weighted by Gasteiger charge is -2.36. The summed E-state index contributed by atoms with van der Waals surface area (Å²) < 4.78 is 60.7. The maximum atomic E-state index is 13.5. The number of ether oxygens (including phenoxy) is 1. The Bertz CT molecular complexity index is 895. The molecule has 2 atom stereocenters. The van der Waals surface area contributed by atoms with Crippen molar-refractivity contribution in [3.63, 3.8) is 0 Å². The lowest BCUT2D eigenvalue weighted by Crippen LogP contribution is -2.39. The van der Waals surface area contributed by atoms with Gasteiger partial charge in [-0.15, -0.1) is 0 Å². The third-order valence-electron chi connectivity index (χ3n) is 4.24. The molecule has 25 heavy (non-hydrogen) atoms. The second-order valence-electron chi connectivity index (χ2n) is 5.63. The SMILES string of the molecule is COC1=C(C(F)(F)F)C=CC(C)C1(N=S=O)c1nc2ccccc2[nH]1. The van der Waals surface area contributed by atoms with E-state index in [9.17, 15) is 17.4 Å². The smallest absolute Gasteiger partial charge is 0.419 e. The number of nitrogens with zero attached hydrogens (tertiary/aromatic N) is 2. The number of hydrogen-bond donors (Lipinski definition) is 1. The molecule has 0 aliphatic heterocycles. The second kappa shape index (κ2) is 6.14. The number of para-hydroxylation sites is 2. The second-order valence-corrected chi connectivity index (χ2v) is 5.96. The number of methoxy groups -OCH3 is 1. The van der Waals surface area contributed by atoms with Gasteiger partial charge in [0.2, 0.25) is 11.5 Å². The number of H-pyrrole nitrogens is 1. The fourth-order valence-corrected chi connectivity index (χ4v) is 3.49. The Morgan fingerprint density at radius 1 is 1.36 bits per heavy atom. The minimum absolute atomic E-state index is 0.132. The van der Waals surface area contributed by atoms with Gasteiger partial charge >= 0.3 is 6.18 Å². The molecular weight excluding hydrogens is 355 g/mol. The first-order valence-electron chi connectivity index (χ1n) is 7.35. The van der Waals surface area contributed by atoms with E-state index in [2.05, 4.69) is 14.3 Å². The fraction of sp³-hybridized carbons (Fsp3) is 0.312. The molecule has 0 saturated carbocycles.